The molecule has 0 unspecified atom stereocenters. The summed E-state index contributed by atoms with van der Waals surface area (Å²) in [4.78, 5) is 0. The van der Waals surface area contributed by atoms with Crippen LogP contribution in [0.1, 0.15) is 25.3 Å². The molecule has 2 aromatic rings. The smallest absolute Gasteiger partial charge is 0.0901 e. The molecule has 0 heterocycles. The van der Waals surface area contributed by atoms with Crippen molar-refractivity contribution >= 4 is 0 Å². The fourth-order valence-electron chi connectivity index (χ4n) is 2.93. The first-order valence-corrected chi connectivity index (χ1v) is 6.56. The molecule has 0 aromatic heterocycles. The molecule has 0 aliphatic heterocycles. The SMILES string of the molecule is CC1CC(O)(c2ccc(-c3ccccc3)cc2)C1. The van der Waals surface area contributed by atoms with Gasteiger partial charge in [-0.2, -0.15) is 0 Å². The predicted octanol–water partition coefficient (Wildman–Crippen LogP) is 3.97. The molecule has 1 saturated carbocycles. The van der Waals surface area contributed by atoms with Crippen molar-refractivity contribution < 1.29 is 5.11 Å². The van der Waals surface area contributed by atoms with Gasteiger partial charge in [0.15, 0.2) is 0 Å². The van der Waals surface area contributed by atoms with Crippen LogP contribution < -0.4 is 0 Å². The van der Waals surface area contributed by atoms with Crippen molar-refractivity contribution in [2.45, 2.75) is 25.4 Å². The average Bonchev–Trinajstić information content (AvgIpc) is 2.38. The molecule has 0 saturated heterocycles. The summed E-state index contributed by atoms with van der Waals surface area (Å²) in [6.45, 7) is 2.19. The van der Waals surface area contributed by atoms with Crippen molar-refractivity contribution in [3.05, 3.63) is 60.2 Å². The number of rotatable bonds is 2. The van der Waals surface area contributed by atoms with Gasteiger partial charge in [-0.05, 0) is 35.4 Å². The van der Waals surface area contributed by atoms with Gasteiger partial charge in [-0.15, -0.1) is 0 Å². The molecule has 0 radical (unpaired) electrons. The van der Waals surface area contributed by atoms with Gasteiger partial charge in [0.1, 0.15) is 0 Å². The first-order chi connectivity index (χ1) is 8.67. The molecule has 0 amide bonds. The van der Waals surface area contributed by atoms with Crippen molar-refractivity contribution in [1.82, 2.24) is 0 Å². The Kier molecular flexibility index (Phi) is 2.71. The Balaban J connectivity index is 1.86. The third kappa shape index (κ3) is 1.95. The van der Waals surface area contributed by atoms with E-state index < -0.39 is 5.60 Å². The summed E-state index contributed by atoms with van der Waals surface area (Å²) in [5.41, 5.74) is 2.91. The van der Waals surface area contributed by atoms with Crippen LogP contribution >= 0.6 is 0 Å². The van der Waals surface area contributed by atoms with Crippen LogP contribution in [0.4, 0.5) is 0 Å². The quantitative estimate of drug-likeness (QED) is 0.839. The van der Waals surface area contributed by atoms with Crippen molar-refractivity contribution in [2.24, 2.45) is 5.92 Å². The van der Waals surface area contributed by atoms with Gasteiger partial charge in [0.05, 0.1) is 5.60 Å². The van der Waals surface area contributed by atoms with Gasteiger partial charge < -0.3 is 5.11 Å². The van der Waals surface area contributed by atoms with Crippen LogP contribution in [0.2, 0.25) is 0 Å². The third-order valence-electron chi connectivity index (χ3n) is 3.90. The second kappa shape index (κ2) is 4.25. The van der Waals surface area contributed by atoms with E-state index in [1.807, 2.05) is 18.2 Å². The maximum Gasteiger partial charge on any atom is 0.0901 e. The first kappa shape index (κ1) is 11.5. The molecule has 1 N–H and O–H groups in total. The van der Waals surface area contributed by atoms with E-state index in [0.717, 1.165) is 18.4 Å². The Labute approximate surface area is 108 Å². The minimum atomic E-state index is -0.575. The Morgan fingerprint density at radius 2 is 1.44 bits per heavy atom. The summed E-state index contributed by atoms with van der Waals surface area (Å²) >= 11 is 0. The van der Waals surface area contributed by atoms with E-state index in [4.69, 9.17) is 0 Å². The number of aliphatic hydroxyl groups is 1. The highest BCUT2D eigenvalue weighted by Crippen LogP contribution is 2.45. The second-order valence-electron chi connectivity index (χ2n) is 5.49. The molecule has 0 bridgehead atoms. The molecule has 18 heavy (non-hydrogen) atoms. The Hall–Kier alpha value is -1.60. The topological polar surface area (TPSA) is 20.2 Å². The molecule has 1 heteroatoms. The van der Waals surface area contributed by atoms with Crippen LogP contribution in [0.15, 0.2) is 54.6 Å². The number of benzene rings is 2. The maximum atomic E-state index is 10.4. The van der Waals surface area contributed by atoms with E-state index in [2.05, 4.69) is 43.3 Å². The van der Waals surface area contributed by atoms with Crippen LogP contribution in [0, 0.1) is 5.92 Å². The summed E-state index contributed by atoms with van der Waals surface area (Å²) in [5.74, 6) is 0.642. The van der Waals surface area contributed by atoms with Gasteiger partial charge in [0, 0.05) is 0 Å². The monoisotopic (exact) mass is 238 g/mol. The summed E-state index contributed by atoms with van der Waals surface area (Å²) < 4.78 is 0. The minimum absolute atomic E-state index is 0.575. The maximum absolute atomic E-state index is 10.4. The number of hydrogen-bond donors (Lipinski definition) is 1. The first-order valence-electron chi connectivity index (χ1n) is 6.56. The highest BCUT2D eigenvalue weighted by Gasteiger charge is 2.41. The molecule has 0 atom stereocenters. The van der Waals surface area contributed by atoms with Crippen LogP contribution in [0.5, 0.6) is 0 Å². The van der Waals surface area contributed by atoms with E-state index in [-0.39, 0.29) is 0 Å². The molecule has 1 nitrogen and oxygen atoms in total. The highest BCUT2D eigenvalue weighted by atomic mass is 16.3. The van der Waals surface area contributed by atoms with E-state index >= 15 is 0 Å². The zero-order chi connectivity index (χ0) is 12.6. The predicted molar refractivity (Wildman–Crippen MR) is 74.2 cm³/mol. The van der Waals surface area contributed by atoms with Crippen LogP contribution in [-0.2, 0) is 5.60 Å². The van der Waals surface area contributed by atoms with Gasteiger partial charge >= 0.3 is 0 Å². The van der Waals surface area contributed by atoms with E-state index in [1.165, 1.54) is 11.1 Å². The van der Waals surface area contributed by atoms with Gasteiger partial charge in [-0.25, -0.2) is 0 Å². The fourth-order valence-corrected chi connectivity index (χ4v) is 2.93. The van der Waals surface area contributed by atoms with Crippen molar-refractivity contribution in [3.63, 3.8) is 0 Å². The molecule has 92 valence electrons. The lowest BCUT2D eigenvalue weighted by Crippen LogP contribution is -2.39. The largest absolute Gasteiger partial charge is 0.385 e. The molecule has 1 fully saturated rings. The molecule has 3 rings (SSSR count). The van der Waals surface area contributed by atoms with Gasteiger partial charge in [0.2, 0.25) is 0 Å². The van der Waals surface area contributed by atoms with Crippen LogP contribution in [-0.4, -0.2) is 5.11 Å². The summed E-state index contributed by atoms with van der Waals surface area (Å²) in [5, 5.41) is 10.4. The van der Waals surface area contributed by atoms with Crippen LogP contribution in [0.3, 0.4) is 0 Å². The van der Waals surface area contributed by atoms with Gasteiger partial charge in [-0.3, -0.25) is 0 Å². The highest BCUT2D eigenvalue weighted by molar-refractivity contribution is 5.63. The fraction of sp³-hybridized carbons (Fsp3) is 0.294. The van der Waals surface area contributed by atoms with Crippen molar-refractivity contribution in [1.29, 1.82) is 0 Å². The van der Waals surface area contributed by atoms with E-state index in [9.17, 15) is 5.11 Å². The minimum Gasteiger partial charge on any atom is -0.385 e. The standard InChI is InChI=1S/C17H18O/c1-13-11-17(18,12-13)16-9-7-15(8-10-16)14-5-3-2-4-6-14/h2-10,13,18H,11-12H2,1H3. The normalized spacial score (nSPS) is 26.7. The lowest BCUT2D eigenvalue weighted by Gasteiger charge is -2.42. The van der Waals surface area contributed by atoms with Crippen molar-refractivity contribution in [3.8, 4) is 11.1 Å². The Morgan fingerprint density at radius 3 is 2.00 bits per heavy atom. The summed E-state index contributed by atoms with van der Waals surface area (Å²) in [6.07, 6.45) is 1.77. The van der Waals surface area contributed by atoms with Crippen molar-refractivity contribution in [2.75, 3.05) is 0 Å². The van der Waals surface area contributed by atoms with Gasteiger partial charge in [0.25, 0.3) is 0 Å². The zero-order valence-corrected chi connectivity index (χ0v) is 10.6. The van der Waals surface area contributed by atoms with Crippen LogP contribution in [0.25, 0.3) is 11.1 Å². The Bertz CT molecular complexity index is 521. The lowest BCUT2D eigenvalue weighted by molar-refractivity contribution is -0.0738. The molecule has 2 aromatic carbocycles. The van der Waals surface area contributed by atoms with E-state index in [1.54, 1.807) is 0 Å². The molecule has 1 aliphatic rings. The lowest BCUT2D eigenvalue weighted by atomic mass is 9.68. The molecular weight excluding hydrogens is 220 g/mol. The average molecular weight is 238 g/mol. The molecule has 1 aliphatic carbocycles. The van der Waals surface area contributed by atoms with Gasteiger partial charge in [-0.1, -0.05) is 61.5 Å². The number of hydrogen-bond acceptors (Lipinski definition) is 1. The summed E-state index contributed by atoms with van der Waals surface area (Å²) in [7, 11) is 0. The molecular formula is C17H18O. The molecule has 0 spiro atoms. The second-order valence-corrected chi connectivity index (χ2v) is 5.49. The third-order valence-corrected chi connectivity index (χ3v) is 3.90. The Morgan fingerprint density at radius 1 is 0.889 bits per heavy atom. The van der Waals surface area contributed by atoms with E-state index in [0.29, 0.717) is 5.92 Å². The zero-order valence-electron chi connectivity index (χ0n) is 10.6. The summed E-state index contributed by atoms with van der Waals surface area (Å²) in [6, 6.07) is 18.7.